The largest absolute Gasteiger partial charge is 0.281 e. The van der Waals surface area contributed by atoms with Crippen molar-refractivity contribution in [1.29, 1.82) is 0 Å². The van der Waals surface area contributed by atoms with Crippen molar-refractivity contribution < 1.29 is 4.79 Å². The summed E-state index contributed by atoms with van der Waals surface area (Å²) in [7, 11) is 0. The summed E-state index contributed by atoms with van der Waals surface area (Å²) in [5.74, 6) is -0.173. The summed E-state index contributed by atoms with van der Waals surface area (Å²) in [6.07, 6.45) is 1.70. The number of carbonyl (C=O) groups is 1. The number of hydrogen-bond acceptors (Lipinski definition) is 3. The Morgan fingerprint density at radius 2 is 1.95 bits per heavy atom. The van der Waals surface area contributed by atoms with Gasteiger partial charge in [-0.25, -0.2) is 5.43 Å². The van der Waals surface area contributed by atoms with Crippen molar-refractivity contribution in [3.05, 3.63) is 56.8 Å². The normalized spacial score (nSPS) is 10.9. The van der Waals surface area contributed by atoms with Gasteiger partial charge in [-0.2, -0.15) is 5.10 Å². The van der Waals surface area contributed by atoms with Crippen molar-refractivity contribution in [2.75, 3.05) is 0 Å². The molecule has 4 heteroatoms. The summed E-state index contributed by atoms with van der Waals surface area (Å²) >= 11 is 1.40. The van der Waals surface area contributed by atoms with Crippen LogP contribution in [-0.4, -0.2) is 12.1 Å². The summed E-state index contributed by atoms with van der Waals surface area (Å²) in [4.78, 5) is 12.4. The molecule has 1 aromatic heterocycles. The van der Waals surface area contributed by atoms with E-state index in [1.165, 1.54) is 16.9 Å². The minimum atomic E-state index is -0.173. The lowest BCUT2D eigenvalue weighted by molar-refractivity contribution is 0.0959. The van der Waals surface area contributed by atoms with E-state index in [2.05, 4.69) is 29.6 Å². The third-order valence-electron chi connectivity index (χ3n) is 2.84. The summed E-state index contributed by atoms with van der Waals surface area (Å²) < 4.78 is 0. The van der Waals surface area contributed by atoms with Crippen LogP contribution in [0.25, 0.3) is 0 Å². The van der Waals surface area contributed by atoms with Gasteiger partial charge < -0.3 is 0 Å². The Hall–Kier alpha value is -1.94. The number of benzene rings is 1. The zero-order chi connectivity index (χ0) is 13.8. The maximum atomic E-state index is 11.7. The van der Waals surface area contributed by atoms with E-state index in [0.29, 0.717) is 4.88 Å². The lowest BCUT2D eigenvalue weighted by Gasteiger charge is -2.06. The molecule has 19 heavy (non-hydrogen) atoms. The zero-order valence-electron chi connectivity index (χ0n) is 11.2. The molecule has 0 bridgehead atoms. The number of rotatable bonds is 3. The van der Waals surface area contributed by atoms with Gasteiger partial charge in [-0.3, -0.25) is 4.79 Å². The molecule has 0 unspecified atom stereocenters. The second kappa shape index (κ2) is 5.80. The molecule has 0 fully saturated rings. The van der Waals surface area contributed by atoms with Gasteiger partial charge >= 0.3 is 0 Å². The molecule has 1 amide bonds. The molecular formula is C15H16N2OS. The zero-order valence-corrected chi connectivity index (χ0v) is 12.0. The SMILES string of the molecule is Cc1cc(C)c(/C=N\NC(=O)c2cccs2)c(C)c1. The van der Waals surface area contributed by atoms with E-state index in [0.717, 1.165) is 16.7 Å². The minimum absolute atomic E-state index is 0.173. The van der Waals surface area contributed by atoms with Gasteiger partial charge in [0, 0.05) is 5.56 Å². The first-order chi connectivity index (χ1) is 9.08. The van der Waals surface area contributed by atoms with Gasteiger partial charge in [0.1, 0.15) is 0 Å². The number of hydrazone groups is 1. The van der Waals surface area contributed by atoms with Gasteiger partial charge in [-0.05, 0) is 43.3 Å². The summed E-state index contributed by atoms with van der Waals surface area (Å²) in [6, 6.07) is 7.83. The van der Waals surface area contributed by atoms with Crippen LogP contribution in [0.3, 0.4) is 0 Å². The Bertz CT molecular complexity index is 592. The number of thiophene rings is 1. The van der Waals surface area contributed by atoms with Gasteiger partial charge in [0.15, 0.2) is 0 Å². The Balaban J connectivity index is 2.10. The first-order valence-corrected chi connectivity index (χ1v) is 6.90. The van der Waals surface area contributed by atoms with Crippen molar-refractivity contribution in [2.24, 2.45) is 5.10 Å². The fourth-order valence-corrected chi connectivity index (χ4v) is 2.63. The molecule has 0 aliphatic rings. The van der Waals surface area contributed by atoms with E-state index in [4.69, 9.17) is 0 Å². The number of nitrogens with zero attached hydrogens (tertiary/aromatic N) is 1. The standard InChI is InChI=1S/C15H16N2OS/c1-10-7-11(2)13(12(3)8-10)9-16-17-15(18)14-5-4-6-19-14/h4-9H,1-3H3,(H,17,18)/b16-9-. The highest BCUT2D eigenvalue weighted by atomic mass is 32.1. The molecule has 0 spiro atoms. The van der Waals surface area contributed by atoms with Gasteiger partial charge in [-0.1, -0.05) is 23.8 Å². The molecule has 0 saturated carbocycles. The number of nitrogens with one attached hydrogen (secondary N) is 1. The van der Waals surface area contributed by atoms with Crippen molar-refractivity contribution in [3.8, 4) is 0 Å². The smallest absolute Gasteiger partial charge is 0.266 e. The van der Waals surface area contributed by atoms with Gasteiger partial charge in [0.05, 0.1) is 11.1 Å². The average Bonchev–Trinajstić information content (AvgIpc) is 2.85. The van der Waals surface area contributed by atoms with E-state index in [1.54, 1.807) is 12.3 Å². The molecule has 1 N–H and O–H groups in total. The van der Waals surface area contributed by atoms with E-state index in [1.807, 2.05) is 25.3 Å². The second-order valence-electron chi connectivity index (χ2n) is 4.49. The summed E-state index contributed by atoms with van der Waals surface area (Å²) in [5.41, 5.74) is 7.15. The molecule has 3 nitrogen and oxygen atoms in total. The first-order valence-electron chi connectivity index (χ1n) is 6.02. The van der Waals surface area contributed by atoms with Crippen molar-refractivity contribution in [3.63, 3.8) is 0 Å². The average molecular weight is 272 g/mol. The molecule has 1 heterocycles. The quantitative estimate of drug-likeness (QED) is 0.675. The Morgan fingerprint density at radius 3 is 2.53 bits per heavy atom. The number of amides is 1. The van der Waals surface area contributed by atoms with Crippen LogP contribution in [0.4, 0.5) is 0 Å². The van der Waals surface area contributed by atoms with Crippen LogP contribution in [0.1, 0.15) is 31.9 Å². The lowest BCUT2D eigenvalue weighted by Crippen LogP contribution is -2.16. The highest BCUT2D eigenvalue weighted by molar-refractivity contribution is 7.12. The Kier molecular flexibility index (Phi) is 4.12. The Morgan fingerprint density at radius 1 is 1.26 bits per heavy atom. The van der Waals surface area contributed by atoms with E-state index in [9.17, 15) is 4.79 Å². The van der Waals surface area contributed by atoms with Crippen molar-refractivity contribution in [1.82, 2.24) is 5.43 Å². The molecule has 0 radical (unpaired) electrons. The van der Waals surface area contributed by atoms with Crippen LogP contribution in [0.15, 0.2) is 34.7 Å². The third-order valence-corrected chi connectivity index (χ3v) is 3.71. The maximum Gasteiger partial charge on any atom is 0.281 e. The number of hydrogen-bond donors (Lipinski definition) is 1. The third kappa shape index (κ3) is 3.29. The van der Waals surface area contributed by atoms with E-state index >= 15 is 0 Å². The molecule has 0 atom stereocenters. The number of carbonyl (C=O) groups excluding carboxylic acids is 1. The highest BCUT2D eigenvalue weighted by Gasteiger charge is 2.04. The fourth-order valence-electron chi connectivity index (χ4n) is 2.01. The van der Waals surface area contributed by atoms with Crippen LogP contribution in [0.2, 0.25) is 0 Å². The molecular weight excluding hydrogens is 256 g/mol. The summed E-state index contributed by atoms with van der Waals surface area (Å²) in [6.45, 7) is 6.16. The van der Waals surface area contributed by atoms with E-state index in [-0.39, 0.29) is 5.91 Å². The topological polar surface area (TPSA) is 41.5 Å². The number of aryl methyl sites for hydroxylation is 3. The van der Waals surface area contributed by atoms with Crippen LogP contribution >= 0.6 is 11.3 Å². The molecule has 2 rings (SSSR count). The molecule has 0 aliphatic carbocycles. The van der Waals surface area contributed by atoms with Crippen LogP contribution in [0.5, 0.6) is 0 Å². The molecule has 98 valence electrons. The predicted molar refractivity (Wildman–Crippen MR) is 80.0 cm³/mol. The molecule has 1 aromatic carbocycles. The lowest BCUT2D eigenvalue weighted by atomic mass is 10.0. The van der Waals surface area contributed by atoms with Gasteiger partial charge in [0.25, 0.3) is 5.91 Å². The van der Waals surface area contributed by atoms with E-state index < -0.39 is 0 Å². The summed E-state index contributed by atoms with van der Waals surface area (Å²) in [5, 5.41) is 5.90. The highest BCUT2D eigenvalue weighted by Crippen LogP contribution is 2.14. The van der Waals surface area contributed by atoms with Crippen LogP contribution < -0.4 is 5.43 Å². The monoisotopic (exact) mass is 272 g/mol. The van der Waals surface area contributed by atoms with Crippen LogP contribution in [0, 0.1) is 20.8 Å². The fraction of sp³-hybridized carbons (Fsp3) is 0.200. The van der Waals surface area contributed by atoms with Gasteiger partial charge in [0.2, 0.25) is 0 Å². The van der Waals surface area contributed by atoms with Crippen LogP contribution in [-0.2, 0) is 0 Å². The van der Waals surface area contributed by atoms with Crippen molar-refractivity contribution in [2.45, 2.75) is 20.8 Å². The molecule has 2 aromatic rings. The molecule has 0 saturated heterocycles. The maximum absolute atomic E-state index is 11.7. The Labute approximate surface area is 117 Å². The molecule has 0 aliphatic heterocycles. The van der Waals surface area contributed by atoms with Crippen molar-refractivity contribution >= 4 is 23.5 Å². The minimum Gasteiger partial charge on any atom is -0.266 e. The second-order valence-corrected chi connectivity index (χ2v) is 5.44. The predicted octanol–water partition coefficient (Wildman–Crippen LogP) is 3.44. The first kappa shape index (κ1) is 13.5. The van der Waals surface area contributed by atoms with Gasteiger partial charge in [-0.15, -0.1) is 11.3 Å².